The van der Waals surface area contributed by atoms with E-state index in [-0.39, 0.29) is 0 Å². The van der Waals surface area contributed by atoms with E-state index in [4.69, 9.17) is 0 Å². The van der Waals surface area contributed by atoms with Crippen molar-refractivity contribution in [3.63, 3.8) is 0 Å². The Kier molecular flexibility index (Phi) is 3.76. The number of nitrogens with zero attached hydrogens (tertiary/aromatic N) is 2. The van der Waals surface area contributed by atoms with E-state index in [1.807, 2.05) is 17.1 Å². The highest BCUT2D eigenvalue weighted by molar-refractivity contribution is 5.49. The second kappa shape index (κ2) is 5.48. The monoisotopic (exact) mass is 226 g/mol. The van der Waals surface area contributed by atoms with Crippen LogP contribution in [0.1, 0.15) is 30.9 Å². The van der Waals surface area contributed by atoms with Gasteiger partial charge in [-0.05, 0) is 17.0 Å². The van der Waals surface area contributed by atoms with Gasteiger partial charge in [0, 0.05) is 18.9 Å². The Balaban J connectivity index is 1.96. The fourth-order valence-corrected chi connectivity index (χ4v) is 1.70. The molecule has 0 aliphatic rings. The molecule has 0 spiro atoms. The summed E-state index contributed by atoms with van der Waals surface area (Å²) in [6.07, 6.45) is 9.87. The van der Waals surface area contributed by atoms with Crippen LogP contribution < -0.4 is 0 Å². The van der Waals surface area contributed by atoms with E-state index in [0.29, 0.717) is 5.92 Å². The van der Waals surface area contributed by atoms with Crippen molar-refractivity contribution in [2.45, 2.75) is 26.3 Å². The van der Waals surface area contributed by atoms with Gasteiger partial charge in [0.15, 0.2) is 0 Å². The average molecular weight is 226 g/mol. The number of hydrogen-bond acceptors (Lipinski definition) is 1. The molecular weight excluding hydrogens is 208 g/mol. The van der Waals surface area contributed by atoms with Gasteiger partial charge < -0.3 is 4.57 Å². The zero-order valence-electron chi connectivity index (χ0n) is 10.4. The van der Waals surface area contributed by atoms with Gasteiger partial charge in [0.25, 0.3) is 0 Å². The van der Waals surface area contributed by atoms with Crippen molar-refractivity contribution < 1.29 is 0 Å². The van der Waals surface area contributed by atoms with E-state index in [9.17, 15) is 0 Å². The normalized spacial score (nSPS) is 11.5. The molecule has 2 rings (SSSR count). The van der Waals surface area contributed by atoms with Gasteiger partial charge in [-0.25, -0.2) is 4.98 Å². The Hall–Kier alpha value is -1.83. The van der Waals surface area contributed by atoms with E-state index in [2.05, 4.69) is 55.2 Å². The van der Waals surface area contributed by atoms with Gasteiger partial charge >= 0.3 is 0 Å². The van der Waals surface area contributed by atoms with Crippen molar-refractivity contribution in [3.05, 3.63) is 60.2 Å². The van der Waals surface area contributed by atoms with Gasteiger partial charge in [0.1, 0.15) is 0 Å². The molecule has 0 fully saturated rings. The van der Waals surface area contributed by atoms with Crippen LogP contribution in [0, 0.1) is 0 Å². The highest BCUT2D eigenvalue weighted by atomic mass is 15.0. The zero-order chi connectivity index (χ0) is 12.1. The molecule has 17 heavy (non-hydrogen) atoms. The lowest BCUT2D eigenvalue weighted by molar-refractivity contribution is 0.823. The molecule has 0 atom stereocenters. The number of benzene rings is 1. The maximum atomic E-state index is 4.01. The average Bonchev–Trinajstić information content (AvgIpc) is 2.83. The molecule has 0 aliphatic heterocycles. The summed E-state index contributed by atoms with van der Waals surface area (Å²) in [6, 6.07) is 8.72. The number of aromatic nitrogens is 2. The van der Waals surface area contributed by atoms with Crippen molar-refractivity contribution >= 4 is 6.08 Å². The van der Waals surface area contributed by atoms with Gasteiger partial charge in [-0.2, -0.15) is 0 Å². The minimum absolute atomic E-state index is 0.596. The largest absolute Gasteiger partial charge is 0.334 e. The molecule has 0 unspecified atom stereocenters. The first-order chi connectivity index (χ1) is 8.25. The molecule has 0 N–H and O–H groups in total. The van der Waals surface area contributed by atoms with Crippen LogP contribution in [0.15, 0.2) is 49.1 Å². The molecule has 2 nitrogen and oxygen atoms in total. The van der Waals surface area contributed by atoms with Crippen molar-refractivity contribution in [2.75, 3.05) is 0 Å². The highest BCUT2D eigenvalue weighted by Crippen LogP contribution is 2.15. The van der Waals surface area contributed by atoms with Crippen LogP contribution in [-0.4, -0.2) is 9.55 Å². The fourth-order valence-electron chi connectivity index (χ4n) is 1.70. The Morgan fingerprint density at radius 2 is 2.00 bits per heavy atom. The molecule has 0 saturated carbocycles. The summed E-state index contributed by atoms with van der Waals surface area (Å²) >= 11 is 0. The first-order valence-corrected chi connectivity index (χ1v) is 5.98. The summed E-state index contributed by atoms with van der Waals surface area (Å²) in [7, 11) is 0. The fraction of sp³-hybridized carbons (Fsp3) is 0.267. The van der Waals surface area contributed by atoms with E-state index < -0.39 is 0 Å². The third-order valence-electron chi connectivity index (χ3n) is 2.79. The lowest BCUT2D eigenvalue weighted by Gasteiger charge is -2.04. The van der Waals surface area contributed by atoms with Crippen molar-refractivity contribution in [2.24, 2.45) is 0 Å². The number of hydrogen-bond donors (Lipinski definition) is 0. The Morgan fingerprint density at radius 1 is 1.24 bits per heavy atom. The van der Waals surface area contributed by atoms with Crippen molar-refractivity contribution in [1.82, 2.24) is 9.55 Å². The van der Waals surface area contributed by atoms with E-state index >= 15 is 0 Å². The molecule has 0 radical (unpaired) electrons. The lowest BCUT2D eigenvalue weighted by atomic mass is 10.0. The predicted molar refractivity (Wildman–Crippen MR) is 71.8 cm³/mol. The molecule has 1 aromatic carbocycles. The third-order valence-corrected chi connectivity index (χ3v) is 2.79. The van der Waals surface area contributed by atoms with Gasteiger partial charge in [0.2, 0.25) is 0 Å². The molecule has 2 aromatic rings. The minimum atomic E-state index is 0.596. The minimum Gasteiger partial charge on any atom is -0.334 e. The summed E-state index contributed by atoms with van der Waals surface area (Å²) in [5.41, 5.74) is 2.63. The van der Waals surface area contributed by atoms with Gasteiger partial charge in [-0.1, -0.05) is 50.3 Å². The van der Waals surface area contributed by atoms with Crippen LogP contribution in [0.3, 0.4) is 0 Å². The van der Waals surface area contributed by atoms with Gasteiger partial charge in [0.05, 0.1) is 6.33 Å². The molecular formula is C15H18N2. The van der Waals surface area contributed by atoms with Crippen molar-refractivity contribution in [3.8, 4) is 0 Å². The summed E-state index contributed by atoms with van der Waals surface area (Å²) in [5, 5.41) is 0. The van der Waals surface area contributed by atoms with Gasteiger partial charge in [-0.3, -0.25) is 0 Å². The van der Waals surface area contributed by atoms with E-state index in [0.717, 1.165) is 6.54 Å². The lowest BCUT2D eigenvalue weighted by Crippen LogP contribution is -1.89. The first kappa shape index (κ1) is 11.6. The molecule has 0 saturated heterocycles. The second-order valence-electron chi connectivity index (χ2n) is 4.48. The van der Waals surface area contributed by atoms with Crippen LogP contribution in [0.2, 0.25) is 0 Å². The smallest absolute Gasteiger partial charge is 0.0948 e. The summed E-state index contributed by atoms with van der Waals surface area (Å²) < 4.78 is 2.04. The third kappa shape index (κ3) is 3.31. The maximum Gasteiger partial charge on any atom is 0.0948 e. The Morgan fingerprint density at radius 3 is 2.59 bits per heavy atom. The van der Waals surface area contributed by atoms with Crippen LogP contribution >= 0.6 is 0 Å². The standard InChI is InChI=1S/C15H18N2/c1-13(2)15-7-5-14(6-8-15)4-3-10-17-11-9-16-12-17/h3-9,11-13H,10H2,1-2H3/b4-3+. The molecule has 88 valence electrons. The summed E-state index contributed by atoms with van der Waals surface area (Å²) in [5.74, 6) is 0.596. The highest BCUT2D eigenvalue weighted by Gasteiger charge is 1.96. The molecule has 2 heteroatoms. The number of allylic oxidation sites excluding steroid dienone is 1. The van der Waals surface area contributed by atoms with Gasteiger partial charge in [-0.15, -0.1) is 0 Å². The molecule has 1 aromatic heterocycles. The molecule has 0 aliphatic carbocycles. The van der Waals surface area contributed by atoms with Crippen LogP contribution in [0.25, 0.3) is 6.08 Å². The first-order valence-electron chi connectivity index (χ1n) is 5.98. The molecule has 0 bridgehead atoms. The summed E-state index contributed by atoms with van der Waals surface area (Å²) in [6.45, 7) is 5.29. The summed E-state index contributed by atoms with van der Waals surface area (Å²) in [4.78, 5) is 4.01. The van der Waals surface area contributed by atoms with Crippen LogP contribution in [-0.2, 0) is 6.54 Å². The number of rotatable bonds is 4. The topological polar surface area (TPSA) is 17.8 Å². The Labute approximate surface area is 103 Å². The SMILES string of the molecule is CC(C)c1ccc(/C=C/Cn2ccnc2)cc1. The van der Waals surface area contributed by atoms with E-state index in [1.54, 1.807) is 6.20 Å². The van der Waals surface area contributed by atoms with Crippen molar-refractivity contribution in [1.29, 1.82) is 0 Å². The second-order valence-corrected chi connectivity index (χ2v) is 4.48. The predicted octanol–water partition coefficient (Wildman–Crippen LogP) is 3.72. The Bertz CT molecular complexity index is 464. The zero-order valence-corrected chi connectivity index (χ0v) is 10.4. The van der Waals surface area contributed by atoms with Crippen LogP contribution in [0.5, 0.6) is 0 Å². The molecule has 1 heterocycles. The van der Waals surface area contributed by atoms with E-state index in [1.165, 1.54) is 11.1 Å². The quantitative estimate of drug-likeness (QED) is 0.777. The molecule has 0 amide bonds. The number of imidazole rings is 1. The maximum absolute atomic E-state index is 4.01. The van der Waals surface area contributed by atoms with Crippen LogP contribution in [0.4, 0.5) is 0 Å².